The molecule has 0 aromatic carbocycles. The second-order valence-electron chi connectivity index (χ2n) is 3.09. The van der Waals surface area contributed by atoms with Gasteiger partial charge in [0, 0.05) is 5.92 Å². The van der Waals surface area contributed by atoms with Crippen molar-refractivity contribution in [2.24, 2.45) is 5.92 Å². The maximum absolute atomic E-state index is 9.38. The van der Waals surface area contributed by atoms with Crippen LogP contribution in [0.3, 0.4) is 0 Å². The lowest BCUT2D eigenvalue weighted by atomic mass is 9.89. The Morgan fingerprint density at radius 3 is 2.55 bits per heavy atom. The first kappa shape index (κ1) is 8.60. The van der Waals surface area contributed by atoms with E-state index in [1.54, 1.807) is 0 Å². The van der Waals surface area contributed by atoms with Gasteiger partial charge in [0.25, 0.3) is 0 Å². The molecule has 0 aliphatic heterocycles. The average Bonchev–Trinajstić information content (AvgIpc) is 2.07. The summed E-state index contributed by atoms with van der Waals surface area (Å²) in [5, 5.41) is 9.38. The summed E-state index contributed by atoms with van der Waals surface area (Å²) in [7, 11) is 0. The number of ether oxygens (including phenoxy) is 1. The molecule has 0 amide bonds. The van der Waals surface area contributed by atoms with Crippen LogP contribution in [0.1, 0.15) is 32.1 Å². The Morgan fingerprint density at radius 1 is 1.36 bits per heavy atom. The fourth-order valence-electron chi connectivity index (χ4n) is 1.63. The first-order chi connectivity index (χ1) is 5.34. The predicted molar refractivity (Wildman–Crippen MR) is 43.9 cm³/mol. The van der Waals surface area contributed by atoms with Gasteiger partial charge in [-0.05, 0) is 12.8 Å². The van der Waals surface area contributed by atoms with E-state index in [0.717, 1.165) is 12.8 Å². The first-order valence-corrected chi connectivity index (χ1v) is 4.29. The largest absolute Gasteiger partial charge is 0.473 e. The van der Waals surface area contributed by atoms with Crippen LogP contribution in [0.15, 0.2) is 12.8 Å². The molecule has 0 aromatic heterocycles. The second kappa shape index (κ2) is 4.39. The van der Waals surface area contributed by atoms with E-state index >= 15 is 0 Å². The lowest BCUT2D eigenvalue weighted by Crippen LogP contribution is -2.23. The van der Waals surface area contributed by atoms with Crippen molar-refractivity contribution in [3.63, 3.8) is 0 Å². The highest BCUT2D eigenvalue weighted by Crippen LogP contribution is 2.26. The summed E-state index contributed by atoms with van der Waals surface area (Å²) in [4.78, 5) is 0. The van der Waals surface area contributed by atoms with Gasteiger partial charge in [0.05, 0.1) is 6.26 Å². The van der Waals surface area contributed by atoms with Crippen LogP contribution in [-0.2, 0) is 4.74 Å². The van der Waals surface area contributed by atoms with Crippen LogP contribution in [-0.4, -0.2) is 11.4 Å². The molecule has 1 aliphatic carbocycles. The summed E-state index contributed by atoms with van der Waals surface area (Å²) in [6, 6.07) is 0. The summed E-state index contributed by atoms with van der Waals surface area (Å²) < 4.78 is 4.90. The average molecular weight is 156 g/mol. The molecule has 1 aliphatic rings. The van der Waals surface area contributed by atoms with Crippen LogP contribution in [0.2, 0.25) is 0 Å². The van der Waals surface area contributed by atoms with E-state index in [-0.39, 0.29) is 0 Å². The third-order valence-corrected chi connectivity index (χ3v) is 2.29. The van der Waals surface area contributed by atoms with Gasteiger partial charge >= 0.3 is 0 Å². The molecule has 1 atom stereocenters. The van der Waals surface area contributed by atoms with Gasteiger partial charge in [-0.2, -0.15) is 0 Å². The standard InChI is InChI=1S/C9H16O2/c1-2-11-9(10)8-6-4-3-5-7-8/h2,8-10H,1,3-7H2. The Morgan fingerprint density at radius 2 is 2.00 bits per heavy atom. The van der Waals surface area contributed by atoms with Gasteiger partial charge in [-0.1, -0.05) is 25.8 Å². The van der Waals surface area contributed by atoms with Crippen molar-refractivity contribution in [1.82, 2.24) is 0 Å². The molecule has 0 bridgehead atoms. The molecule has 0 aromatic rings. The van der Waals surface area contributed by atoms with E-state index in [9.17, 15) is 5.11 Å². The van der Waals surface area contributed by atoms with Crippen LogP contribution in [0.5, 0.6) is 0 Å². The molecule has 1 N–H and O–H groups in total. The van der Waals surface area contributed by atoms with E-state index < -0.39 is 6.29 Å². The molecule has 0 saturated heterocycles. The monoisotopic (exact) mass is 156 g/mol. The molecule has 1 saturated carbocycles. The fraction of sp³-hybridized carbons (Fsp3) is 0.778. The zero-order chi connectivity index (χ0) is 8.10. The molecule has 2 nitrogen and oxygen atoms in total. The molecule has 1 rings (SSSR count). The minimum atomic E-state index is -0.618. The molecule has 0 spiro atoms. The van der Waals surface area contributed by atoms with Gasteiger partial charge in [0.15, 0.2) is 6.29 Å². The first-order valence-electron chi connectivity index (χ1n) is 4.29. The third kappa shape index (κ3) is 2.54. The van der Waals surface area contributed by atoms with E-state index in [1.165, 1.54) is 25.5 Å². The van der Waals surface area contributed by atoms with Gasteiger partial charge in [-0.25, -0.2) is 0 Å². The molecule has 11 heavy (non-hydrogen) atoms. The lowest BCUT2D eigenvalue weighted by Gasteiger charge is -2.25. The van der Waals surface area contributed by atoms with Gasteiger partial charge in [-0.15, -0.1) is 0 Å². The minimum Gasteiger partial charge on any atom is -0.473 e. The minimum absolute atomic E-state index is 0.335. The maximum atomic E-state index is 9.38. The molecule has 64 valence electrons. The van der Waals surface area contributed by atoms with Crippen LogP contribution in [0.25, 0.3) is 0 Å². The summed E-state index contributed by atoms with van der Waals surface area (Å²) in [6.45, 7) is 3.41. The molecule has 1 fully saturated rings. The molecule has 2 heteroatoms. The summed E-state index contributed by atoms with van der Waals surface area (Å²) in [6.07, 6.45) is 6.64. The number of hydrogen-bond donors (Lipinski definition) is 1. The highest BCUT2D eigenvalue weighted by molar-refractivity contribution is 4.69. The van der Waals surface area contributed by atoms with Gasteiger partial charge in [0.2, 0.25) is 0 Å². The van der Waals surface area contributed by atoms with Crippen molar-refractivity contribution >= 4 is 0 Å². The Labute approximate surface area is 67.9 Å². The van der Waals surface area contributed by atoms with Crippen LogP contribution in [0.4, 0.5) is 0 Å². The summed E-state index contributed by atoms with van der Waals surface area (Å²) >= 11 is 0. The highest BCUT2D eigenvalue weighted by Gasteiger charge is 2.21. The fourth-order valence-corrected chi connectivity index (χ4v) is 1.63. The van der Waals surface area contributed by atoms with E-state index in [1.807, 2.05) is 0 Å². The quantitative estimate of drug-likeness (QED) is 0.500. The Bertz CT molecular complexity index is 117. The number of aliphatic hydroxyl groups is 1. The third-order valence-electron chi connectivity index (χ3n) is 2.29. The van der Waals surface area contributed by atoms with Crippen molar-refractivity contribution in [1.29, 1.82) is 0 Å². The second-order valence-corrected chi connectivity index (χ2v) is 3.09. The van der Waals surface area contributed by atoms with Crippen molar-refractivity contribution in [2.45, 2.75) is 38.4 Å². The van der Waals surface area contributed by atoms with Gasteiger partial charge in [-0.3, -0.25) is 0 Å². The zero-order valence-electron chi connectivity index (χ0n) is 6.83. The van der Waals surface area contributed by atoms with Crippen LogP contribution in [0, 0.1) is 5.92 Å². The van der Waals surface area contributed by atoms with Crippen LogP contribution < -0.4 is 0 Å². The van der Waals surface area contributed by atoms with Crippen molar-refractivity contribution < 1.29 is 9.84 Å². The molecule has 0 heterocycles. The molecule has 0 radical (unpaired) electrons. The highest BCUT2D eigenvalue weighted by atomic mass is 16.6. The Balaban J connectivity index is 2.26. The smallest absolute Gasteiger partial charge is 0.199 e. The zero-order valence-corrected chi connectivity index (χ0v) is 6.83. The number of rotatable bonds is 3. The van der Waals surface area contributed by atoms with Crippen LogP contribution >= 0.6 is 0 Å². The molecular formula is C9H16O2. The lowest BCUT2D eigenvalue weighted by molar-refractivity contribution is -0.100. The summed E-state index contributed by atoms with van der Waals surface area (Å²) in [5.74, 6) is 0.335. The van der Waals surface area contributed by atoms with Crippen molar-refractivity contribution in [3.8, 4) is 0 Å². The van der Waals surface area contributed by atoms with E-state index in [0.29, 0.717) is 5.92 Å². The van der Waals surface area contributed by atoms with Crippen molar-refractivity contribution in [2.75, 3.05) is 0 Å². The predicted octanol–water partition coefficient (Wildman–Crippen LogP) is 2.05. The van der Waals surface area contributed by atoms with E-state index in [4.69, 9.17) is 4.74 Å². The van der Waals surface area contributed by atoms with E-state index in [2.05, 4.69) is 6.58 Å². The maximum Gasteiger partial charge on any atom is 0.199 e. The van der Waals surface area contributed by atoms with Crippen molar-refractivity contribution in [3.05, 3.63) is 12.8 Å². The van der Waals surface area contributed by atoms with Gasteiger partial charge < -0.3 is 9.84 Å². The molecule has 1 unspecified atom stereocenters. The topological polar surface area (TPSA) is 29.5 Å². The number of hydrogen-bond acceptors (Lipinski definition) is 2. The van der Waals surface area contributed by atoms with Gasteiger partial charge in [0.1, 0.15) is 0 Å². The number of aliphatic hydroxyl groups excluding tert-OH is 1. The Hall–Kier alpha value is -0.500. The SMILES string of the molecule is C=COC(O)C1CCCCC1. The normalized spacial score (nSPS) is 22.6. The Kier molecular flexibility index (Phi) is 3.43. The summed E-state index contributed by atoms with van der Waals surface area (Å²) in [5.41, 5.74) is 0. The molecular weight excluding hydrogens is 140 g/mol.